The predicted octanol–water partition coefficient (Wildman–Crippen LogP) is 11.8. The summed E-state index contributed by atoms with van der Waals surface area (Å²) >= 11 is -0.0555. The normalized spacial score (nSPS) is 13.0. The molecular formula is C41H52GeIrNO2S-. The molecule has 2 heterocycles. The van der Waals surface area contributed by atoms with Gasteiger partial charge in [-0.3, -0.25) is 4.79 Å². The second kappa shape index (κ2) is 14.7. The van der Waals surface area contributed by atoms with Crippen LogP contribution in [0, 0.1) is 16.9 Å². The summed E-state index contributed by atoms with van der Waals surface area (Å²) in [6, 6.07) is 23.7. The van der Waals surface area contributed by atoms with Gasteiger partial charge in [0.15, 0.2) is 5.78 Å². The molecule has 2 aromatic heterocycles. The molecule has 253 valence electrons. The summed E-state index contributed by atoms with van der Waals surface area (Å²) in [5, 5.41) is 14.9. The third-order valence-electron chi connectivity index (χ3n) is 9.45. The molecule has 0 aliphatic carbocycles. The van der Waals surface area contributed by atoms with Gasteiger partial charge in [0.1, 0.15) is 5.76 Å². The van der Waals surface area contributed by atoms with Gasteiger partial charge >= 0.3 is 192 Å². The number of hydrogen-bond donors (Lipinski definition) is 1. The topological polar surface area (TPSA) is 50.2 Å². The van der Waals surface area contributed by atoms with E-state index >= 15 is 0 Å². The molecule has 1 N–H and O–H groups in total. The van der Waals surface area contributed by atoms with Gasteiger partial charge in [-0.15, -0.1) is 0 Å². The van der Waals surface area contributed by atoms with Crippen LogP contribution >= 0.6 is 11.3 Å². The van der Waals surface area contributed by atoms with Crippen LogP contribution in [0.4, 0.5) is 0 Å². The van der Waals surface area contributed by atoms with Crippen LogP contribution in [-0.4, -0.2) is 29.1 Å². The number of aromatic nitrogens is 1. The van der Waals surface area contributed by atoms with Gasteiger partial charge in [0, 0.05) is 37.0 Å². The van der Waals surface area contributed by atoms with Crippen LogP contribution in [0.1, 0.15) is 80.7 Å². The van der Waals surface area contributed by atoms with E-state index in [-0.39, 0.29) is 47.9 Å². The van der Waals surface area contributed by atoms with Gasteiger partial charge in [-0.1, -0.05) is 41.5 Å². The number of rotatable bonds is 7. The van der Waals surface area contributed by atoms with E-state index in [9.17, 15) is 9.90 Å². The SMILES string of the molecule is CC(C)(C)c1cc(-c2nccc3sc4[c]([Ge]([CH3])([CH3])[CH3])cccc4c23)[c-]c2ccccc12.CCC(C)(C)C(=O)/C=C(\O)C(C)(C)CC.[Ir]. The molecule has 0 fully saturated rings. The van der Waals surface area contributed by atoms with Crippen molar-refractivity contribution >= 4 is 65.7 Å². The van der Waals surface area contributed by atoms with E-state index in [1.165, 1.54) is 37.2 Å². The van der Waals surface area contributed by atoms with Gasteiger partial charge in [0.25, 0.3) is 0 Å². The fourth-order valence-electron chi connectivity index (χ4n) is 5.39. The number of pyridine rings is 1. The van der Waals surface area contributed by atoms with E-state index in [1.807, 2.05) is 59.1 Å². The summed E-state index contributed by atoms with van der Waals surface area (Å²) in [7, 11) is 0. The second-order valence-electron chi connectivity index (χ2n) is 15.8. The van der Waals surface area contributed by atoms with Crippen molar-refractivity contribution < 1.29 is 30.0 Å². The van der Waals surface area contributed by atoms with Crippen LogP contribution < -0.4 is 4.40 Å². The molecule has 6 heteroatoms. The minimum Gasteiger partial charge on any atom is -0.512 e. The quantitative estimate of drug-likeness (QED) is 0.0767. The van der Waals surface area contributed by atoms with Crippen molar-refractivity contribution in [3.05, 3.63) is 84.3 Å². The Morgan fingerprint density at radius 2 is 1.51 bits per heavy atom. The average Bonchev–Trinajstić information content (AvgIpc) is 3.38. The number of benzene rings is 3. The maximum absolute atomic E-state index is 11.8. The molecule has 0 aliphatic heterocycles. The molecule has 0 amide bonds. The monoisotopic (exact) mass is 889 g/mol. The van der Waals surface area contributed by atoms with Crippen LogP contribution in [0.5, 0.6) is 0 Å². The summed E-state index contributed by atoms with van der Waals surface area (Å²) in [5.41, 5.74) is 2.86. The number of allylic oxidation sites excluding steroid dienone is 2. The van der Waals surface area contributed by atoms with Crippen LogP contribution in [0.25, 0.3) is 42.2 Å². The molecule has 0 bridgehead atoms. The Morgan fingerprint density at radius 1 is 0.894 bits per heavy atom. The third-order valence-corrected chi connectivity index (χ3v) is 15.3. The number of carbonyl (C=O) groups is 1. The molecule has 0 saturated heterocycles. The first-order valence-corrected chi connectivity index (χ1v) is 24.7. The smallest absolute Gasteiger partial charge is 0.164 e. The second-order valence-corrected chi connectivity index (χ2v) is 27.5. The molecule has 0 atom stereocenters. The number of fused-ring (bicyclic) bond motifs is 4. The van der Waals surface area contributed by atoms with Crippen molar-refractivity contribution in [2.45, 2.75) is 97.8 Å². The zero-order valence-corrected chi connectivity index (χ0v) is 35.6. The van der Waals surface area contributed by atoms with Crippen LogP contribution in [-0.2, 0) is 30.3 Å². The molecule has 0 spiro atoms. The Hall–Kier alpha value is -2.31. The molecule has 0 saturated carbocycles. The van der Waals surface area contributed by atoms with Crippen molar-refractivity contribution in [1.82, 2.24) is 4.98 Å². The maximum atomic E-state index is 11.8. The largest absolute Gasteiger partial charge is 0.512 e. The zero-order valence-electron chi connectivity index (χ0n) is 30.3. The number of aliphatic hydroxyl groups is 1. The first-order chi connectivity index (χ1) is 21.3. The first kappa shape index (κ1) is 39.1. The van der Waals surface area contributed by atoms with E-state index in [0.29, 0.717) is 0 Å². The number of ketones is 1. The summed E-state index contributed by atoms with van der Waals surface area (Å²) < 4.78 is 4.36. The number of nitrogens with zero attached hydrogens (tertiary/aromatic N) is 1. The number of thiophene rings is 1. The van der Waals surface area contributed by atoms with Crippen molar-refractivity contribution in [2.75, 3.05) is 0 Å². The summed E-state index contributed by atoms with van der Waals surface area (Å²) in [6.45, 7) is 18.5. The van der Waals surface area contributed by atoms with Gasteiger partial charge in [-0.05, 0) is 12.8 Å². The summed E-state index contributed by atoms with van der Waals surface area (Å²) in [4.78, 5) is 16.7. The van der Waals surface area contributed by atoms with Crippen LogP contribution in [0.3, 0.4) is 0 Å². The summed E-state index contributed by atoms with van der Waals surface area (Å²) in [6.07, 6.45) is 4.95. The summed E-state index contributed by atoms with van der Waals surface area (Å²) in [5.74, 6) is 7.63. The van der Waals surface area contributed by atoms with E-state index in [1.54, 1.807) is 4.40 Å². The van der Waals surface area contributed by atoms with Gasteiger partial charge < -0.3 is 5.11 Å². The molecule has 5 rings (SSSR count). The van der Waals surface area contributed by atoms with Crippen molar-refractivity contribution in [3.63, 3.8) is 0 Å². The van der Waals surface area contributed by atoms with E-state index < -0.39 is 13.3 Å². The zero-order chi connectivity index (χ0) is 34.2. The fourth-order valence-corrected chi connectivity index (χ4v) is 11.4. The van der Waals surface area contributed by atoms with Gasteiger partial charge in [-0.25, -0.2) is 0 Å². The molecule has 1 radical (unpaired) electrons. The molecule has 0 aliphatic rings. The standard InChI is InChI=1S/C28H28GeNS.C13H24O2.Ir/c1-28(2,3)22-17-19(16-18-10-7-8-11-20(18)22)26-25-21-12-9-13-23(29(4,5)6)27(21)31-24(25)14-15-30-26;1-7-12(3,4)10(14)9-11(15)13(5,6)8-2;/h7-15,17H,1-6H3;9,14H,7-8H2,1-6H3;/q-1;;/b;10-9-;. The van der Waals surface area contributed by atoms with Gasteiger partial charge in [-0.2, -0.15) is 0 Å². The fraction of sp³-hybridized carbons (Fsp3) is 0.415. The van der Waals surface area contributed by atoms with Crippen LogP contribution in [0.15, 0.2) is 72.6 Å². The molecule has 3 nitrogen and oxygen atoms in total. The Bertz CT molecular complexity index is 1920. The number of carbonyl (C=O) groups excluding carboxylic acids is 1. The van der Waals surface area contributed by atoms with Crippen molar-refractivity contribution in [3.8, 4) is 11.3 Å². The van der Waals surface area contributed by atoms with E-state index in [4.69, 9.17) is 4.98 Å². The molecule has 0 unspecified atom stereocenters. The average molecular weight is 888 g/mol. The van der Waals surface area contributed by atoms with Crippen molar-refractivity contribution in [1.29, 1.82) is 0 Å². The Balaban J connectivity index is 0.000000322. The Labute approximate surface area is 303 Å². The number of aliphatic hydroxyl groups excluding tert-OH is 1. The molecular weight excluding hydrogens is 835 g/mol. The predicted molar refractivity (Wildman–Crippen MR) is 204 cm³/mol. The first-order valence-electron chi connectivity index (χ1n) is 16.5. The third kappa shape index (κ3) is 8.47. The van der Waals surface area contributed by atoms with Crippen LogP contribution in [0.2, 0.25) is 17.3 Å². The Morgan fingerprint density at radius 3 is 2.11 bits per heavy atom. The Kier molecular flexibility index (Phi) is 12.2. The van der Waals surface area contributed by atoms with Gasteiger partial charge in [0.2, 0.25) is 0 Å². The van der Waals surface area contributed by atoms with Gasteiger partial charge in [0.05, 0.1) is 0 Å². The molecule has 3 aromatic carbocycles. The maximum Gasteiger partial charge on any atom is 0.164 e. The molecule has 47 heavy (non-hydrogen) atoms. The van der Waals surface area contributed by atoms with Crippen molar-refractivity contribution in [2.24, 2.45) is 10.8 Å². The molecule has 5 aromatic rings. The number of hydrogen-bond acceptors (Lipinski definition) is 4. The van der Waals surface area contributed by atoms with E-state index in [2.05, 4.69) is 98.7 Å². The minimum absolute atomic E-state index is 0. The van der Waals surface area contributed by atoms with E-state index in [0.717, 1.165) is 29.5 Å². The minimum atomic E-state index is -1.99.